The number of hydrogen-bond donors (Lipinski definition) is 2. The van der Waals surface area contributed by atoms with Gasteiger partial charge in [-0.1, -0.05) is 13.8 Å². The maximum Gasteiger partial charge on any atom is 0.149 e. The van der Waals surface area contributed by atoms with Crippen molar-refractivity contribution in [1.82, 2.24) is 9.97 Å². The van der Waals surface area contributed by atoms with Crippen LogP contribution >= 0.6 is 0 Å². The zero-order chi connectivity index (χ0) is 24.0. The lowest BCUT2D eigenvalue weighted by atomic mass is 9.71. The highest BCUT2D eigenvalue weighted by molar-refractivity contribution is 7.90. The minimum absolute atomic E-state index is 0.0694. The molecular formula is C24H35N5O3S. The molecule has 1 saturated carbocycles. The van der Waals surface area contributed by atoms with E-state index in [1.165, 1.54) is 12.6 Å². The van der Waals surface area contributed by atoms with Gasteiger partial charge in [0.2, 0.25) is 0 Å². The van der Waals surface area contributed by atoms with Gasteiger partial charge in [-0.05, 0) is 55.2 Å². The third-order valence-corrected chi connectivity index (χ3v) is 7.79. The summed E-state index contributed by atoms with van der Waals surface area (Å²) in [7, 11) is -1.17. The second-order valence-electron chi connectivity index (χ2n) is 10.2. The number of fused-ring (bicyclic) bond motifs is 3. The maximum atomic E-state index is 11.9. The molecule has 0 atom stereocenters. The highest BCUT2D eigenvalue weighted by atomic mass is 32.2. The fourth-order valence-electron chi connectivity index (χ4n) is 5.13. The van der Waals surface area contributed by atoms with Crippen molar-refractivity contribution in [3.05, 3.63) is 29.6 Å². The molecular weight excluding hydrogens is 438 g/mol. The van der Waals surface area contributed by atoms with E-state index >= 15 is 0 Å². The molecule has 0 amide bonds. The number of anilines is 2. The van der Waals surface area contributed by atoms with Crippen molar-refractivity contribution in [1.29, 1.82) is 0 Å². The van der Waals surface area contributed by atoms with Crippen LogP contribution < -0.4 is 21.1 Å². The van der Waals surface area contributed by atoms with Crippen molar-refractivity contribution >= 4 is 21.3 Å². The van der Waals surface area contributed by atoms with E-state index in [2.05, 4.69) is 23.8 Å². The van der Waals surface area contributed by atoms with Gasteiger partial charge in [0.25, 0.3) is 0 Å². The summed E-state index contributed by atoms with van der Waals surface area (Å²) >= 11 is 0. The average Bonchev–Trinajstić information content (AvgIpc) is 2.72. The normalized spacial score (nSPS) is 21.7. The quantitative estimate of drug-likeness (QED) is 0.656. The van der Waals surface area contributed by atoms with E-state index in [0.29, 0.717) is 12.4 Å². The van der Waals surface area contributed by atoms with E-state index in [-0.39, 0.29) is 23.3 Å². The second kappa shape index (κ2) is 8.76. The summed E-state index contributed by atoms with van der Waals surface area (Å²) in [5.41, 5.74) is 16.9. The van der Waals surface area contributed by atoms with Gasteiger partial charge in [-0.3, -0.25) is 0 Å². The van der Waals surface area contributed by atoms with Crippen LogP contribution in [0.25, 0.3) is 11.3 Å². The van der Waals surface area contributed by atoms with Crippen molar-refractivity contribution in [2.75, 3.05) is 36.2 Å². The summed E-state index contributed by atoms with van der Waals surface area (Å²) in [4.78, 5) is 10.8. The van der Waals surface area contributed by atoms with Crippen LogP contribution in [0.4, 0.5) is 11.5 Å². The molecule has 0 saturated heterocycles. The summed E-state index contributed by atoms with van der Waals surface area (Å²) in [5.74, 6) is 1.35. The van der Waals surface area contributed by atoms with Crippen molar-refractivity contribution in [3.8, 4) is 17.0 Å². The second-order valence-corrected chi connectivity index (χ2v) is 12.4. The third-order valence-electron chi connectivity index (χ3n) is 6.86. The molecule has 4 N–H and O–H groups in total. The smallest absolute Gasteiger partial charge is 0.149 e. The number of nitrogens with two attached hydrogens (primary N) is 2. The first-order chi connectivity index (χ1) is 15.5. The Kier molecular flexibility index (Phi) is 6.30. The standard InChI is InChI=1S/C24H35N5O3S/c1-24(2)13-18-17(21-20(24)23(26)28-14-27-21)9-10-19(32-16-7-5-15(25)6-8-16)22(18)29(3)11-12-33(4,30)31/h9-10,14-16H,5-8,11-13,25H2,1-4H3,(H2,26,27,28)/t15-,16+. The predicted molar refractivity (Wildman–Crippen MR) is 132 cm³/mol. The number of aromatic nitrogens is 2. The molecule has 8 nitrogen and oxygen atoms in total. The fraction of sp³-hybridized carbons (Fsp3) is 0.583. The molecule has 0 bridgehead atoms. The molecule has 1 aromatic heterocycles. The lowest BCUT2D eigenvalue weighted by Gasteiger charge is -2.37. The number of sulfone groups is 1. The number of nitrogens with zero attached hydrogens (tertiary/aromatic N) is 3. The Morgan fingerprint density at radius 2 is 1.88 bits per heavy atom. The van der Waals surface area contributed by atoms with E-state index in [1.54, 1.807) is 0 Å². The average molecular weight is 474 g/mol. The Morgan fingerprint density at radius 3 is 2.55 bits per heavy atom. The molecule has 0 aliphatic heterocycles. The number of benzene rings is 1. The molecule has 2 aliphatic carbocycles. The van der Waals surface area contributed by atoms with Gasteiger partial charge in [0.05, 0.1) is 23.2 Å². The van der Waals surface area contributed by atoms with E-state index in [0.717, 1.165) is 65.9 Å². The molecule has 0 unspecified atom stereocenters. The topological polar surface area (TPSA) is 124 Å². The Labute approximate surface area is 196 Å². The lowest BCUT2D eigenvalue weighted by molar-refractivity contribution is 0.147. The summed E-state index contributed by atoms with van der Waals surface area (Å²) in [5, 5.41) is 0. The van der Waals surface area contributed by atoms with Crippen LogP contribution in [0.5, 0.6) is 5.75 Å². The van der Waals surface area contributed by atoms with Crippen molar-refractivity contribution in [2.45, 2.75) is 63.5 Å². The van der Waals surface area contributed by atoms with Gasteiger partial charge >= 0.3 is 0 Å². The first-order valence-electron chi connectivity index (χ1n) is 11.5. The zero-order valence-corrected chi connectivity index (χ0v) is 20.8. The van der Waals surface area contributed by atoms with Crippen molar-refractivity contribution in [3.63, 3.8) is 0 Å². The molecule has 33 heavy (non-hydrogen) atoms. The number of hydrogen-bond acceptors (Lipinski definition) is 8. The molecule has 1 aromatic carbocycles. The first-order valence-corrected chi connectivity index (χ1v) is 13.6. The molecule has 1 fully saturated rings. The molecule has 0 radical (unpaired) electrons. The van der Waals surface area contributed by atoms with Gasteiger partial charge in [0, 0.05) is 37.0 Å². The number of ether oxygens (including phenoxy) is 1. The third kappa shape index (κ3) is 4.94. The van der Waals surface area contributed by atoms with Crippen LogP contribution in [0.3, 0.4) is 0 Å². The number of nitrogen functional groups attached to an aromatic ring is 1. The highest BCUT2D eigenvalue weighted by Gasteiger charge is 2.37. The molecule has 1 heterocycles. The summed E-state index contributed by atoms with van der Waals surface area (Å²) in [6.45, 7) is 4.66. The van der Waals surface area contributed by atoms with Crippen LogP contribution in [0.2, 0.25) is 0 Å². The van der Waals surface area contributed by atoms with E-state index < -0.39 is 9.84 Å². The SMILES string of the molecule is CN(CCS(C)(=O)=O)c1c(O[C@H]2CC[C@@H](N)CC2)ccc2c1CC(C)(C)c1c(N)ncnc1-2. The van der Waals surface area contributed by atoms with Crippen molar-refractivity contribution < 1.29 is 13.2 Å². The van der Waals surface area contributed by atoms with Gasteiger partial charge in [-0.15, -0.1) is 0 Å². The summed E-state index contributed by atoms with van der Waals surface area (Å²) in [6.07, 6.45) is 7.33. The Hall–Kier alpha value is -2.39. The molecule has 9 heteroatoms. The first kappa shape index (κ1) is 23.8. The van der Waals surface area contributed by atoms with Crippen LogP contribution in [0, 0.1) is 0 Å². The van der Waals surface area contributed by atoms with E-state index in [9.17, 15) is 8.42 Å². The molecule has 2 aliphatic rings. The predicted octanol–water partition coefficient (Wildman–Crippen LogP) is 2.69. The maximum absolute atomic E-state index is 11.9. The molecule has 2 aromatic rings. The van der Waals surface area contributed by atoms with Gasteiger partial charge in [0.15, 0.2) is 0 Å². The van der Waals surface area contributed by atoms with Gasteiger partial charge < -0.3 is 21.1 Å². The van der Waals surface area contributed by atoms with Gasteiger partial charge in [-0.25, -0.2) is 18.4 Å². The van der Waals surface area contributed by atoms with Crippen LogP contribution in [-0.2, 0) is 21.7 Å². The minimum atomic E-state index is -3.11. The minimum Gasteiger partial charge on any atom is -0.488 e. The largest absolute Gasteiger partial charge is 0.488 e. The molecule has 4 rings (SSSR count). The fourth-order valence-corrected chi connectivity index (χ4v) is 5.74. The molecule has 0 spiro atoms. The Bertz CT molecular complexity index is 1140. The van der Waals surface area contributed by atoms with E-state index in [4.69, 9.17) is 16.2 Å². The zero-order valence-electron chi connectivity index (χ0n) is 20.0. The van der Waals surface area contributed by atoms with E-state index in [1.807, 2.05) is 24.1 Å². The summed E-state index contributed by atoms with van der Waals surface area (Å²) in [6, 6.07) is 4.28. The van der Waals surface area contributed by atoms with Crippen molar-refractivity contribution in [2.24, 2.45) is 5.73 Å². The lowest BCUT2D eigenvalue weighted by Crippen LogP contribution is -2.34. The van der Waals surface area contributed by atoms with Crippen LogP contribution in [0.15, 0.2) is 18.5 Å². The van der Waals surface area contributed by atoms with Gasteiger partial charge in [0.1, 0.15) is 27.7 Å². The monoisotopic (exact) mass is 473 g/mol. The Morgan fingerprint density at radius 1 is 1.18 bits per heavy atom. The number of rotatable bonds is 6. The highest BCUT2D eigenvalue weighted by Crippen LogP contribution is 2.49. The Balaban J connectivity index is 1.81. The summed E-state index contributed by atoms with van der Waals surface area (Å²) < 4.78 is 30.3. The van der Waals surface area contributed by atoms with Gasteiger partial charge in [-0.2, -0.15) is 0 Å². The van der Waals surface area contributed by atoms with Crippen LogP contribution in [-0.4, -0.2) is 56.1 Å². The molecule has 180 valence electrons. The van der Waals surface area contributed by atoms with Crippen LogP contribution in [0.1, 0.15) is 50.7 Å².